The minimum atomic E-state index is -0.356. The van der Waals surface area contributed by atoms with Crippen molar-refractivity contribution in [3.63, 3.8) is 0 Å². The molecule has 0 amide bonds. The molecule has 3 N–H and O–H groups in total. The van der Waals surface area contributed by atoms with Gasteiger partial charge in [0.15, 0.2) is 0 Å². The van der Waals surface area contributed by atoms with Gasteiger partial charge in [-0.15, -0.1) is 0 Å². The Morgan fingerprint density at radius 3 is 2.86 bits per heavy atom. The lowest BCUT2D eigenvalue weighted by Crippen LogP contribution is -2.11. The van der Waals surface area contributed by atoms with Gasteiger partial charge in [-0.3, -0.25) is 4.68 Å². The van der Waals surface area contributed by atoms with Gasteiger partial charge < -0.3 is 15.8 Å². The summed E-state index contributed by atoms with van der Waals surface area (Å²) in [5, 5.41) is 7.38. The second kappa shape index (κ2) is 6.78. The number of nitrogens with one attached hydrogen (secondary N) is 1. The Kier molecular flexibility index (Phi) is 4.81. The van der Waals surface area contributed by atoms with Gasteiger partial charge >= 0.3 is 5.97 Å². The fourth-order valence-electron chi connectivity index (χ4n) is 2.04. The third kappa shape index (κ3) is 3.75. The number of carbonyl (C=O) groups excluding carboxylic acids is 1. The van der Waals surface area contributed by atoms with E-state index >= 15 is 0 Å². The molecule has 0 atom stereocenters. The number of rotatable bonds is 6. The molecule has 0 spiro atoms. The Balaban J connectivity index is 1.95. The minimum Gasteiger partial charge on any atom is -0.462 e. The van der Waals surface area contributed by atoms with Gasteiger partial charge in [-0.1, -0.05) is 0 Å². The number of nitrogens with two attached hydrogens (primary N) is 1. The molecule has 21 heavy (non-hydrogen) atoms. The molecule has 0 saturated heterocycles. The third-order valence-corrected chi connectivity index (χ3v) is 3.18. The molecule has 0 bridgehead atoms. The van der Waals surface area contributed by atoms with Crippen molar-refractivity contribution in [2.45, 2.75) is 13.3 Å². The van der Waals surface area contributed by atoms with E-state index in [1.165, 1.54) is 0 Å². The highest BCUT2D eigenvalue weighted by Gasteiger charge is 2.08. The lowest BCUT2D eigenvalue weighted by molar-refractivity contribution is 0.0526. The van der Waals surface area contributed by atoms with Crippen LogP contribution in [-0.2, 0) is 18.2 Å². The smallest absolute Gasteiger partial charge is 0.338 e. The summed E-state index contributed by atoms with van der Waals surface area (Å²) in [4.78, 5) is 11.6. The lowest BCUT2D eigenvalue weighted by atomic mass is 10.1. The third-order valence-electron chi connectivity index (χ3n) is 3.18. The average molecular weight is 288 g/mol. The summed E-state index contributed by atoms with van der Waals surface area (Å²) in [6.45, 7) is 2.86. The average Bonchev–Trinajstić information content (AvgIpc) is 2.86. The molecule has 0 unspecified atom stereocenters. The maximum atomic E-state index is 11.6. The van der Waals surface area contributed by atoms with Crippen LogP contribution < -0.4 is 11.1 Å². The van der Waals surface area contributed by atoms with Crippen LogP contribution in [-0.4, -0.2) is 28.9 Å². The van der Waals surface area contributed by atoms with Gasteiger partial charge in [0.2, 0.25) is 0 Å². The predicted molar refractivity (Wildman–Crippen MR) is 82.2 cm³/mol. The number of nitrogen functional groups attached to an aromatic ring is 1. The molecular weight excluding hydrogens is 268 g/mol. The highest BCUT2D eigenvalue weighted by atomic mass is 16.5. The maximum Gasteiger partial charge on any atom is 0.338 e. The molecule has 0 saturated carbocycles. The Morgan fingerprint density at radius 1 is 1.43 bits per heavy atom. The highest BCUT2D eigenvalue weighted by Crippen LogP contribution is 2.20. The van der Waals surface area contributed by atoms with E-state index in [4.69, 9.17) is 10.5 Å². The molecule has 1 aromatic carbocycles. The van der Waals surface area contributed by atoms with Crippen LogP contribution in [0.15, 0.2) is 30.5 Å². The molecule has 2 aromatic rings. The van der Waals surface area contributed by atoms with Gasteiger partial charge in [-0.05, 0) is 31.2 Å². The number of aryl methyl sites for hydroxylation is 1. The standard InChI is InChI=1S/C15H20N4O2/c1-3-21-15(20)11-4-5-14(13(16)10-11)17-8-6-12-7-9-18-19(12)2/h4-5,7,9-10,17H,3,6,8,16H2,1-2H3. The normalized spacial score (nSPS) is 10.4. The summed E-state index contributed by atoms with van der Waals surface area (Å²) in [7, 11) is 1.91. The minimum absolute atomic E-state index is 0.351. The summed E-state index contributed by atoms with van der Waals surface area (Å²) in [5.41, 5.74) is 8.91. The molecular formula is C15H20N4O2. The fraction of sp³-hybridized carbons (Fsp3) is 0.333. The van der Waals surface area contributed by atoms with Crippen LogP contribution in [0.1, 0.15) is 23.0 Å². The lowest BCUT2D eigenvalue weighted by Gasteiger charge is -2.11. The quantitative estimate of drug-likeness (QED) is 0.626. The topological polar surface area (TPSA) is 82.2 Å². The van der Waals surface area contributed by atoms with Crippen molar-refractivity contribution < 1.29 is 9.53 Å². The monoisotopic (exact) mass is 288 g/mol. The van der Waals surface area contributed by atoms with Gasteiger partial charge in [-0.2, -0.15) is 5.10 Å². The first-order chi connectivity index (χ1) is 10.1. The largest absolute Gasteiger partial charge is 0.462 e. The molecule has 0 aliphatic rings. The summed E-state index contributed by atoms with van der Waals surface area (Å²) >= 11 is 0. The molecule has 2 rings (SSSR count). The van der Waals surface area contributed by atoms with Crippen molar-refractivity contribution in [3.05, 3.63) is 41.7 Å². The zero-order valence-corrected chi connectivity index (χ0v) is 12.3. The Labute approximate surface area is 123 Å². The molecule has 0 aliphatic heterocycles. The van der Waals surface area contributed by atoms with E-state index in [1.807, 2.05) is 17.8 Å². The van der Waals surface area contributed by atoms with Crippen LogP contribution in [0.4, 0.5) is 11.4 Å². The fourth-order valence-corrected chi connectivity index (χ4v) is 2.04. The molecule has 112 valence electrons. The van der Waals surface area contributed by atoms with E-state index < -0.39 is 0 Å². The van der Waals surface area contributed by atoms with Crippen LogP contribution in [0.25, 0.3) is 0 Å². The summed E-state index contributed by atoms with van der Waals surface area (Å²) in [6.07, 6.45) is 2.62. The molecule has 1 aromatic heterocycles. The van der Waals surface area contributed by atoms with E-state index in [0.29, 0.717) is 17.9 Å². The Bertz CT molecular complexity index is 622. The first-order valence-corrected chi connectivity index (χ1v) is 6.89. The van der Waals surface area contributed by atoms with Gasteiger partial charge in [0, 0.05) is 31.9 Å². The maximum absolute atomic E-state index is 11.6. The van der Waals surface area contributed by atoms with E-state index in [1.54, 1.807) is 31.3 Å². The molecule has 1 heterocycles. The summed E-state index contributed by atoms with van der Waals surface area (Å²) in [5.74, 6) is -0.356. The Hall–Kier alpha value is -2.50. The van der Waals surface area contributed by atoms with Gasteiger partial charge in [0.1, 0.15) is 0 Å². The molecule has 0 radical (unpaired) electrons. The number of aromatic nitrogens is 2. The highest BCUT2D eigenvalue weighted by molar-refractivity contribution is 5.91. The van der Waals surface area contributed by atoms with Crippen molar-refractivity contribution in [3.8, 4) is 0 Å². The number of hydrogen-bond acceptors (Lipinski definition) is 5. The van der Waals surface area contributed by atoms with E-state index in [2.05, 4.69) is 10.4 Å². The van der Waals surface area contributed by atoms with Crippen molar-refractivity contribution >= 4 is 17.3 Å². The first-order valence-electron chi connectivity index (χ1n) is 6.89. The predicted octanol–water partition coefficient (Wildman–Crippen LogP) is 1.83. The first kappa shape index (κ1) is 14.9. The van der Waals surface area contributed by atoms with Gasteiger partial charge in [0.05, 0.1) is 23.5 Å². The number of benzene rings is 1. The molecule has 6 nitrogen and oxygen atoms in total. The summed E-state index contributed by atoms with van der Waals surface area (Å²) < 4.78 is 6.78. The second-order valence-electron chi connectivity index (χ2n) is 4.65. The van der Waals surface area contributed by atoms with E-state index in [-0.39, 0.29) is 5.97 Å². The van der Waals surface area contributed by atoms with E-state index in [0.717, 1.165) is 24.3 Å². The van der Waals surface area contributed by atoms with Crippen LogP contribution in [0.5, 0.6) is 0 Å². The molecule has 0 aliphatic carbocycles. The van der Waals surface area contributed by atoms with Crippen LogP contribution in [0.2, 0.25) is 0 Å². The number of carbonyl (C=O) groups is 1. The number of hydrogen-bond donors (Lipinski definition) is 2. The summed E-state index contributed by atoms with van der Waals surface area (Å²) in [6, 6.07) is 7.12. The van der Waals surface area contributed by atoms with E-state index in [9.17, 15) is 4.79 Å². The second-order valence-corrected chi connectivity index (χ2v) is 4.65. The van der Waals surface area contributed by atoms with Crippen molar-refractivity contribution in [1.29, 1.82) is 0 Å². The molecule has 0 fully saturated rings. The van der Waals surface area contributed by atoms with Crippen LogP contribution in [0, 0.1) is 0 Å². The zero-order valence-electron chi connectivity index (χ0n) is 12.3. The Morgan fingerprint density at radius 2 is 2.24 bits per heavy atom. The zero-order chi connectivity index (χ0) is 15.2. The number of nitrogens with zero attached hydrogens (tertiary/aromatic N) is 2. The number of ether oxygens (including phenoxy) is 1. The van der Waals surface area contributed by atoms with Crippen LogP contribution in [0.3, 0.4) is 0 Å². The van der Waals surface area contributed by atoms with Crippen molar-refractivity contribution in [2.75, 3.05) is 24.2 Å². The van der Waals surface area contributed by atoms with Crippen molar-refractivity contribution in [2.24, 2.45) is 7.05 Å². The van der Waals surface area contributed by atoms with Gasteiger partial charge in [-0.25, -0.2) is 4.79 Å². The SMILES string of the molecule is CCOC(=O)c1ccc(NCCc2ccnn2C)c(N)c1. The molecule has 6 heteroatoms. The van der Waals surface area contributed by atoms with Crippen molar-refractivity contribution in [1.82, 2.24) is 9.78 Å². The van der Waals surface area contributed by atoms with Crippen LogP contribution >= 0.6 is 0 Å². The number of esters is 1. The number of anilines is 2. The van der Waals surface area contributed by atoms with Gasteiger partial charge in [0.25, 0.3) is 0 Å².